The highest BCUT2D eigenvalue weighted by Gasteiger charge is 2.42. The fourth-order valence-electron chi connectivity index (χ4n) is 2.08. The number of carbonyl (C=O) groups is 1. The molecule has 22 heavy (non-hydrogen) atoms. The molecule has 0 bridgehead atoms. The van der Waals surface area contributed by atoms with E-state index in [4.69, 9.17) is 18.9 Å². The Morgan fingerprint density at radius 1 is 1.09 bits per heavy atom. The molecule has 0 aromatic heterocycles. The molecule has 0 radical (unpaired) electrons. The number of carbonyl (C=O) groups excluding carboxylic acids is 1. The Bertz CT molecular complexity index is 545. The molecule has 1 amide bonds. The minimum atomic E-state index is -0.733. The highest BCUT2D eigenvalue weighted by atomic mass is 16.7. The predicted molar refractivity (Wildman–Crippen MR) is 82.3 cm³/mol. The molecule has 0 spiro atoms. The first-order chi connectivity index (χ1) is 10.3. The summed E-state index contributed by atoms with van der Waals surface area (Å²) in [4.78, 5) is 12.5. The van der Waals surface area contributed by atoms with Crippen LogP contribution in [0.15, 0.2) is 18.2 Å². The average Bonchev–Trinajstić information content (AvgIpc) is 2.50. The van der Waals surface area contributed by atoms with Crippen LogP contribution >= 0.6 is 0 Å². The van der Waals surface area contributed by atoms with Crippen molar-refractivity contribution in [1.29, 1.82) is 0 Å². The van der Waals surface area contributed by atoms with Gasteiger partial charge in [-0.1, -0.05) is 0 Å². The van der Waals surface area contributed by atoms with E-state index in [-0.39, 0.29) is 5.91 Å². The third-order valence-electron chi connectivity index (χ3n) is 3.67. The molecule has 1 saturated heterocycles. The number of benzene rings is 1. The smallest absolute Gasteiger partial charge is 0.235 e. The normalized spacial score (nSPS) is 19.3. The van der Waals surface area contributed by atoms with Crippen molar-refractivity contribution >= 4 is 11.6 Å². The van der Waals surface area contributed by atoms with Crippen molar-refractivity contribution in [2.75, 3.05) is 32.8 Å². The van der Waals surface area contributed by atoms with Gasteiger partial charge >= 0.3 is 0 Å². The van der Waals surface area contributed by atoms with Gasteiger partial charge in [-0.2, -0.15) is 0 Å². The van der Waals surface area contributed by atoms with E-state index in [2.05, 4.69) is 5.32 Å². The summed E-state index contributed by atoms with van der Waals surface area (Å²) in [7, 11) is 3.12. The lowest BCUT2D eigenvalue weighted by atomic mass is 9.90. The summed E-state index contributed by atoms with van der Waals surface area (Å²) in [5, 5.41) is 2.87. The standard InChI is InChI=1S/C16H23NO5/c1-15(2)21-9-16(3,10-22-15)14(18)17-11-6-7-12(19-4)13(8-11)20-5/h6-8H,9-10H2,1-5H3,(H,17,18). The maximum atomic E-state index is 12.5. The van der Waals surface area contributed by atoms with Gasteiger partial charge in [0.2, 0.25) is 5.91 Å². The number of rotatable bonds is 4. The average molecular weight is 309 g/mol. The predicted octanol–water partition coefficient (Wildman–Crippen LogP) is 2.43. The summed E-state index contributed by atoms with van der Waals surface area (Å²) in [5.74, 6) is 0.360. The van der Waals surface area contributed by atoms with Crippen LogP contribution in [0.5, 0.6) is 11.5 Å². The fraction of sp³-hybridized carbons (Fsp3) is 0.562. The van der Waals surface area contributed by atoms with Crippen molar-refractivity contribution in [1.82, 2.24) is 0 Å². The highest BCUT2D eigenvalue weighted by Crippen LogP contribution is 2.33. The maximum Gasteiger partial charge on any atom is 0.235 e. The summed E-state index contributed by atoms with van der Waals surface area (Å²) in [5.41, 5.74) is -0.100. The van der Waals surface area contributed by atoms with Crippen LogP contribution in [-0.4, -0.2) is 39.1 Å². The van der Waals surface area contributed by atoms with Gasteiger partial charge in [-0.25, -0.2) is 0 Å². The summed E-state index contributed by atoms with van der Waals surface area (Å²) in [6, 6.07) is 5.22. The van der Waals surface area contributed by atoms with Gasteiger partial charge in [-0.15, -0.1) is 0 Å². The van der Waals surface area contributed by atoms with Crippen molar-refractivity contribution in [2.24, 2.45) is 5.41 Å². The fourth-order valence-corrected chi connectivity index (χ4v) is 2.08. The third-order valence-corrected chi connectivity index (χ3v) is 3.67. The van der Waals surface area contributed by atoms with Crippen LogP contribution in [0.4, 0.5) is 5.69 Å². The zero-order valence-corrected chi connectivity index (χ0v) is 13.7. The Balaban J connectivity index is 2.09. The molecule has 1 heterocycles. The second-order valence-electron chi connectivity index (χ2n) is 6.06. The minimum absolute atomic E-state index is 0.157. The van der Waals surface area contributed by atoms with Crippen molar-refractivity contribution in [3.05, 3.63) is 18.2 Å². The molecule has 1 N–H and O–H groups in total. The molecule has 0 saturated carbocycles. The van der Waals surface area contributed by atoms with E-state index in [0.717, 1.165) is 0 Å². The monoisotopic (exact) mass is 309 g/mol. The number of hydrogen-bond donors (Lipinski definition) is 1. The molecular weight excluding hydrogens is 286 g/mol. The van der Waals surface area contributed by atoms with Crippen LogP contribution in [0.1, 0.15) is 20.8 Å². The number of methoxy groups -OCH3 is 2. The van der Waals surface area contributed by atoms with Gasteiger partial charge in [-0.3, -0.25) is 4.79 Å². The third kappa shape index (κ3) is 3.51. The molecule has 1 aliphatic rings. The van der Waals surface area contributed by atoms with Crippen LogP contribution in [0.3, 0.4) is 0 Å². The molecule has 6 nitrogen and oxygen atoms in total. The van der Waals surface area contributed by atoms with Gasteiger partial charge in [-0.05, 0) is 32.9 Å². The Hall–Kier alpha value is -1.79. The van der Waals surface area contributed by atoms with Gasteiger partial charge in [0.15, 0.2) is 17.3 Å². The zero-order chi connectivity index (χ0) is 16.4. The molecule has 1 aliphatic heterocycles. The number of amides is 1. The van der Waals surface area contributed by atoms with Crippen LogP contribution in [-0.2, 0) is 14.3 Å². The molecule has 1 aromatic rings. The molecule has 2 rings (SSSR count). The molecule has 1 fully saturated rings. The van der Waals surface area contributed by atoms with Gasteiger partial charge in [0, 0.05) is 11.8 Å². The summed E-state index contributed by atoms with van der Waals surface area (Å²) >= 11 is 0. The number of nitrogens with one attached hydrogen (secondary N) is 1. The van der Waals surface area contributed by atoms with E-state index in [0.29, 0.717) is 30.4 Å². The lowest BCUT2D eigenvalue weighted by molar-refractivity contribution is -0.276. The lowest BCUT2D eigenvalue weighted by Crippen LogP contribution is -2.50. The molecule has 6 heteroatoms. The molecule has 0 atom stereocenters. The Morgan fingerprint density at radius 2 is 1.68 bits per heavy atom. The molecule has 0 unspecified atom stereocenters. The summed E-state index contributed by atoms with van der Waals surface area (Å²) in [6.07, 6.45) is 0. The minimum Gasteiger partial charge on any atom is -0.493 e. The van der Waals surface area contributed by atoms with E-state index in [1.807, 2.05) is 20.8 Å². The van der Waals surface area contributed by atoms with E-state index in [9.17, 15) is 4.79 Å². The van der Waals surface area contributed by atoms with Crippen molar-refractivity contribution in [2.45, 2.75) is 26.6 Å². The van der Waals surface area contributed by atoms with E-state index < -0.39 is 11.2 Å². The van der Waals surface area contributed by atoms with Crippen molar-refractivity contribution < 1.29 is 23.7 Å². The van der Waals surface area contributed by atoms with Gasteiger partial charge in [0.25, 0.3) is 0 Å². The largest absolute Gasteiger partial charge is 0.493 e. The number of hydrogen-bond acceptors (Lipinski definition) is 5. The van der Waals surface area contributed by atoms with Crippen molar-refractivity contribution in [3.8, 4) is 11.5 Å². The quantitative estimate of drug-likeness (QED) is 0.925. The summed E-state index contributed by atoms with van der Waals surface area (Å²) < 4.78 is 21.6. The zero-order valence-electron chi connectivity index (χ0n) is 13.7. The first-order valence-electron chi connectivity index (χ1n) is 7.11. The topological polar surface area (TPSA) is 66.0 Å². The van der Waals surface area contributed by atoms with E-state index in [1.165, 1.54) is 0 Å². The lowest BCUT2D eigenvalue weighted by Gasteiger charge is -2.40. The van der Waals surface area contributed by atoms with Crippen LogP contribution in [0, 0.1) is 5.41 Å². The molecule has 122 valence electrons. The molecule has 0 aliphatic carbocycles. The highest BCUT2D eigenvalue weighted by molar-refractivity contribution is 5.95. The Kier molecular flexibility index (Phi) is 4.63. The van der Waals surface area contributed by atoms with Gasteiger partial charge in [0.05, 0.1) is 32.8 Å². The Morgan fingerprint density at radius 3 is 2.23 bits per heavy atom. The number of ether oxygens (including phenoxy) is 4. The molecular formula is C16H23NO5. The number of anilines is 1. The first-order valence-corrected chi connectivity index (χ1v) is 7.11. The second-order valence-corrected chi connectivity index (χ2v) is 6.06. The molecule has 1 aromatic carbocycles. The van der Waals surface area contributed by atoms with Crippen molar-refractivity contribution in [3.63, 3.8) is 0 Å². The van der Waals surface area contributed by atoms with Gasteiger partial charge < -0.3 is 24.3 Å². The second kappa shape index (κ2) is 6.14. The van der Waals surface area contributed by atoms with E-state index in [1.54, 1.807) is 32.4 Å². The SMILES string of the molecule is COc1ccc(NC(=O)C2(C)COC(C)(C)OC2)cc1OC. The van der Waals surface area contributed by atoms with E-state index >= 15 is 0 Å². The first kappa shape index (κ1) is 16.6. The summed E-state index contributed by atoms with van der Waals surface area (Å²) in [6.45, 7) is 6.09. The van der Waals surface area contributed by atoms with Crippen LogP contribution in [0.2, 0.25) is 0 Å². The van der Waals surface area contributed by atoms with Gasteiger partial charge in [0.1, 0.15) is 0 Å². The maximum absolute atomic E-state index is 12.5. The van der Waals surface area contributed by atoms with Crippen LogP contribution < -0.4 is 14.8 Å². The Labute approximate surface area is 130 Å². The van der Waals surface area contributed by atoms with Crippen LogP contribution in [0.25, 0.3) is 0 Å².